The molecule has 8 nitrogen and oxygen atoms in total. The quantitative estimate of drug-likeness (QED) is 0.598. The molecule has 5 unspecified atom stereocenters. The first-order valence-electron chi connectivity index (χ1n) is 12.7. The van der Waals surface area contributed by atoms with E-state index in [0.29, 0.717) is 24.0 Å². The first kappa shape index (κ1) is 22.0. The smallest absolute Gasteiger partial charge is 0.146 e. The van der Waals surface area contributed by atoms with Crippen LogP contribution in [-0.4, -0.2) is 80.3 Å². The number of rotatable bonds is 5. The maximum Gasteiger partial charge on any atom is 0.146 e. The number of morpholine rings is 1. The van der Waals surface area contributed by atoms with Crippen LogP contribution < -0.4 is 16.1 Å². The van der Waals surface area contributed by atoms with Crippen molar-refractivity contribution in [3.63, 3.8) is 0 Å². The van der Waals surface area contributed by atoms with Crippen molar-refractivity contribution < 1.29 is 9.57 Å². The Morgan fingerprint density at radius 2 is 1.84 bits per heavy atom. The Bertz CT molecular complexity index is 616. The fraction of sp³-hybridized carbons (Fsp3) is 0.957. The SMILES string of the molecule is N#CC1CCC(CN2CCCC2C2NC(C3CCNC(N4CCOCC4)C3)NO2)CC1. The van der Waals surface area contributed by atoms with Gasteiger partial charge in [-0.1, -0.05) is 0 Å². The Hall–Kier alpha value is -0.790. The van der Waals surface area contributed by atoms with Crippen LogP contribution in [0.5, 0.6) is 0 Å². The highest BCUT2D eigenvalue weighted by atomic mass is 16.7. The first-order valence-corrected chi connectivity index (χ1v) is 12.7. The van der Waals surface area contributed by atoms with Gasteiger partial charge in [0.25, 0.3) is 0 Å². The lowest BCUT2D eigenvalue weighted by molar-refractivity contribution is -0.0307. The summed E-state index contributed by atoms with van der Waals surface area (Å²) in [4.78, 5) is 11.3. The lowest BCUT2D eigenvalue weighted by Gasteiger charge is -2.41. The van der Waals surface area contributed by atoms with Crippen LogP contribution in [0, 0.1) is 29.1 Å². The highest BCUT2D eigenvalue weighted by molar-refractivity contribution is 4.94. The summed E-state index contributed by atoms with van der Waals surface area (Å²) in [7, 11) is 0. The van der Waals surface area contributed by atoms with Crippen LogP contribution in [0.3, 0.4) is 0 Å². The van der Waals surface area contributed by atoms with Gasteiger partial charge in [0, 0.05) is 25.6 Å². The maximum absolute atomic E-state index is 9.17. The van der Waals surface area contributed by atoms with Crippen molar-refractivity contribution in [1.82, 2.24) is 25.9 Å². The molecule has 31 heavy (non-hydrogen) atoms. The maximum atomic E-state index is 9.17. The second-order valence-corrected chi connectivity index (χ2v) is 10.3. The Kier molecular flexibility index (Phi) is 7.41. The molecule has 0 aromatic carbocycles. The van der Waals surface area contributed by atoms with Crippen molar-refractivity contribution >= 4 is 0 Å². The minimum atomic E-state index is 0.0830. The average molecular weight is 433 g/mol. The van der Waals surface area contributed by atoms with Gasteiger partial charge in [-0.15, -0.1) is 0 Å². The van der Waals surface area contributed by atoms with E-state index >= 15 is 0 Å². The molecule has 0 radical (unpaired) electrons. The van der Waals surface area contributed by atoms with Crippen LogP contribution in [0.4, 0.5) is 0 Å². The van der Waals surface area contributed by atoms with Gasteiger partial charge in [0.05, 0.1) is 37.7 Å². The van der Waals surface area contributed by atoms with Crippen molar-refractivity contribution in [2.45, 2.75) is 76.0 Å². The van der Waals surface area contributed by atoms with E-state index < -0.39 is 0 Å². The fourth-order valence-electron chi connectivity index (χ4n) is 6.43. The molecule has 0 aromatic heterocycles. The minimum Gasteiger partial charge on any atom is -0.379 e. The van der Waals surface area contributed by atoms with Gasteiger partial charge in [-0.25, -0.2) is 0 Å². The van der Waals surface area contributed by atoms with E-state index in [0.717, 1.165) is 58.0 Å². The van der Waals surface area contributed by atoms with Crippen LogP contribution in [0.2, 0.25) is 0 Å². The topological polar surface area (TPSA) is 84.8 Å². The Morgan fingerprint density at radius 3 is 2.65 bits per heavy atom. The van der Waals surface area contributed by atoms with E-state index in [-0.39, 0.29) is 12.4 Å². The highest BCUT2D eigenvalue weighted by Gasteiger charge is 2.42. The number of piperidine rings is 1. The van der Waals surface area contributed by atoms with Crippen molar-refractivity contribution in [1.29, 1.82) is 5.26 Å². The third-order valence-electron chi connectivity index (χ3n) is 8.33. The molecule has 3 N–H and O–H groups in total. The molecule has 5 fully saturated rings. The van der Waals surface area contributed by atoms with Crippen molar-refractivity contribution in [2.75, 3.05) is 45.9 Å². The van der Waals surface area contributed by atoms with Gasteiger partial charge in [-0.2, -0.15) is 10.7 Å². The van der Waals surface area contributed by atoms with E-state index in [1.807, 2.05) is 0 Å². The number of ether oxygens (including phenoxy) is 1. The standard InChI is InChI=1S/C23H40N6O2/c24-15-17-3-5-18(6-4-17)16-29-9-1-2-20(29)23-26-22(27-31-23)19-7-8-25-21(14-19)28-10-12-30-13-11-28/h17-23,25-27H,1-14,16H2. The predicted molar refractivity (Wildman–Crippen MR) is 117 cm³/mol. The van der Waals surface area contributed by atoms with Crippen LogP contribution in [0.1, 0.15) is 51.4 Å². The largest absolute Gasteiger partial charge is 0.379 e. The molecular formula is C23H40N6O2. The summed E-state index contributed by atoms with van der Waals surface area (Å²) in [6.45, 7) is 7.18. The molecule has 8 heteroatoms. The molecule has 1 aliphatic carbocycles. The zero-order chi connectivity index (χ0) is 21.0. The zero-order valence-corrected chi connectivity index (χ0v) is 18.8. The second-order valence-electron chi connectivity index (χ2n) is 10.3. The second kappa shape index (κ2) is 10.4. The summed E-state index contributed by atoms with van der Waals surface area (Å²) < 4.78 is 5.53. The van der Waals surface area contributed by atoms with Gasteiger partial charge >= 0.3 is 0 Å². The van der Waals surface area contributed by atoms with E-state index in [4.69, 9.17) is 14.8 Å². The van der Waals surface area contributed by atoms with Crippen LogP contribution in [-0.2, 0) is 9.57 Å². The molecule has 5 rings (SSSR count). The summed E-state index contributed by atoms with van der Waals surface area (Å²) >= 11 is 0. The summed E-state index contributed by atoms with van der Waals surface area (Å²) in [6.07, 6.45) is 10.2. The van der Waals surface area contributed by atoms with Crippen LogP contribution in [0.25, 0.3) is 0 Å². The number of hydrogen-bond donors (Lipinski definition) is 3. The number of hydroxylamine groups is 1. The number of nitrogens with one attached hydrogen (secondary N) is 3. The Balaban J connectivity index is 1.11. The summed E-state index contributed by atoms with van der Waals surface area (Å²) in [6, 6.07) is 2.93. The van der Waals surface area contributed by atoms with Crippen molar-refractivity contribution in [3.05, 3.63) is 0 Å². The fourth-order valence-corrected chi connectivity index (χ4v) is 6.43. The van der Waals surface area contributed by atoms with Crippen molar-refractivity contribution in [3.8, 4) is 6.07 Å². The predicted octanol–water partition coefficient (Wildman–Crippen LogP) is 1.22. The van der Waals surface area contributed by atoms with E-state index in [1.165, 1.54) is 45.2 Å². The minimum absolute atomic E-state index is 0.0830. The number of hydrogen-bond acceptors (Lipinski definition) is 8. The van der Waals surface area contributed by atoms with Crippen molar-refractivity contribution in [2.24, 2.45) is 17.8 Å². The van der Waals surface area contributed by atoms with E-state index in [2.05, 4.69) is 32.0 Å². The normalized spacial score (nSPS) is 43.1. The lowest BCUT2D eigenvalue weighted by Crippen LogP contribution is -2.57. The molecule has 4 saturated heterocycles. The number of nitriles is 1. The van der Waals surface area contributed by atoms with Crippen LogP contribution >= 0.6 is 0 Å². The molecule has 5 atom stereocenters. The Labute approximate surface area is 186 Å². The third kappa shape index (κ3) is 5.25. The molecular weight excluding hydrogens is 392 g/mol. The molecule has 4 heterocycles. The number of nitrogens with zero attached hydrogens (tertiary/aromatic N) is 3. The molecule has 1 saturated carbocycles. The van der Waals surface area contributed by atoms with Gasteiger partial charge in [-0.05, 0) is 76.3 Å². The monoisotopic (exact) mass is 432 g/mol. The summed E-state index contributed by atoms with van der Waals surface area (Å²) in [5, 5.41) is 16.7. The molecule has 0 bridgehead atoms. The molecule has 0 amide bonds. The molecule has 5 aliphatic rings. The van der Waals surface area contributed by atoms with E-state index in [9.17, 15) is 0 Å². The van der Waals surface area contributed by atoms with Gasteiger partial charge < -0.3 is 10.1 Å². The van der Waals surface area contributed by atoms with E-state index in [1.54, 1.807) is 0 Å². The average Bonchev–Trinajstić information content (AvgIpc) is 3.50. The first-order chi connectivity index (χ1) is 15.3. The summed E-state index contributed by atoms with van der Waals surface area (Å²) in [5.74, 6) is 1.62. The highest BCUT2D eigenvalue weighted by Crippen LogP contribution is 2.32. The molecule has 0 aromatic rings. The lowest BCUT2D eigenvalue weighted by atomic mass is 9.82. The van der Waals surface area contributed by atoms with Crippen LogP contribution in [0.15, 0.2) is 0 Å². The third-order valence-corrected chi connectivity index (χ3v) is 8.33. The van der Waals surface area contributed by atoms with Gasteiger partial charge in [-0.3, -0.25) is 20.0 Å². The number of likely N-dealkylation sites (tertiary alicyclic amines) is 1. The Morgan fingerprint density at radius 1 is 1.00 bits per heavy atom. The molecule has 0 spiro atoms. The van der Waals surface area contributed by atoms with Gasteiger partial charge in [0.1, 0.15) is 6.23 Å². The van der Waals surface area contributed by atoms with Gasteiger partial charge in [0.2, 0.25) is 0 Å². The summed E-state index contributed by atoms with van der Waals surface area (Å²) in [5.41, 5.74) is 3.37. The molecule has 174 valence electrons. The molecule has 4 aliphatic heterocycles. The zero-order valence-electron chi connectivity index (χ0n) is 18.8. The van der Waals surface area contributed by atoms with Gasteiger partial charge in [0.15, 0.2) is 0 Å².